The number of carbonyl (C=O) groups excluding carboxylic acids is 1. The van der Waals surface area contributed by atoms with Crippen molar-refractivity contribution in [2.75, 3.05) is 5.32 Å². The first kappa shape index (κ1) is 15.9. The molecule has 0 aromatic carbocycles. The molecular weight excluding hydrogens is 312 g/mol. The Bertz CT molecular complexity index is 809. The molecule has 6 nitrogen and oxygen atoms in total. The third-order valence-electron chi connectivity index (χ3n) is 4.11. The highest BCUT2D eigenvalue weighted by atomic mass is 32.1. The Morgan fingerprint density at radius 2 is 2.17 bits per heavy atom. The van der Waals surface area contributed by atoms with Crippen molar-refractivity contribution in [3.05, 3.63) is 38.0 Å². The Hall–Kier alpha value is -2.02. The molecule has 0 unspecified atom stereocenters. The molecule has 2 N–H and O–H groups in total. The number of aromatic nitrogens is 3. The summed E-state index contributed by atoms with van der Waals surface area (Å²) in [6.07, 6.45) is 3.16. The Morgan fingerprint density at radius 3 is 2.91 bits per heavy atom. The van der Waals surface area contributed by atoms with Crippen LogP contribution in [0, 0.1) is 19.8 Å². The van der Waals surface area contributed by atoms with E-state index in [0.717, 1.165) is 25.0 Å². The van der Waals surface area contributed by atoms with Gasteiger partial charge in [0.1, 0.15) is 5.82 Å². The number of nitrogens with zero attached hydrogens (tertiary/aromatic N) is 2. The monoisotopic (exact) mass is 332 g/mol. The van der Waals surface area contributed by atoms with Crippen LogP contribution < -0.4 is 10.9 Å². The Morgan fingerprint density at radius 1 is 1.39 bits per heavy atom. The molecule has 2 aromatic rings. The molecule has 1 aliphatic rings. The number of thiazole rings is 1. The highest BCUT2D eigenvalue weighted by molar-refractivity contribution is 7.15. The van der Waals surface area contributed by atoms with Crippen molar-refractivity contribution >= 4 is 22.4 Å². The number of anilines is 1. The van der Waals surface area contributed by atoms with Crippen LogP contribution in [0.3, 0.4) is 0 Å². The number of nitrogens with one attached hydrogen (secondary N) is 2. The number of aryl methyl sites for hydroxylation is 3. The van der Waals surface area contributed by atoms with Gasteiger partial charge in [-0.3, -0.25) is 9.59 Å². The van der Waals surface area contributed by atoms with Crippen LogP contribution >= 0.6 is 11.3 Å². The van der Waals surface area contributed by atoms with Gasteiger partial charge in [-0.2, -0.15) is 0 Å². The van der Waals surface area contributed by atoms with Crippen LogP contribution in [0.5, 0.6) is 0 Å². The lowest BCUT2D eigenvalue weighted by Crippen LogP contribution is -2.24. The molecule has 0 saturated carbocycles. The van der Waals surface area contributed by atoms with E-state index in [4.69, 9.17) is 0 Å². The molecular formula is C16H20N4O2S. The number of hydrogen-bond acceptors (Lipinski definition) is 5. The zero-order valence-electron chi connectivity index (χ0n) is 13.5. The molecule has 1 atom stereocenters. The van der Waals surface area contributed by atoms with Crippen LogP contribution in [0.15, 0.2) is 4.79 Å². The van der Waals surface area contributed by atoms with E-state index in [-0.39, 0.29) is 17.9 Å². The van der Waals surface area contributed by atoms with Gasteiger partial charge in [-0.25, -0.2) is 9.97 Å². The minimum Gasteiger partial charge on any atom is -0.311 e. The maximum absolute atomic E-state index is 12.2. The Kier molecular flexibility index (Phi) is 4.30. The Labute approximate surface area is 138 Å². The summed E-state index contributed by atoms with van der Waals surface area (Å²) in [5.74, 6) is 0.994. The number of aromatic amines is 1. The van der Waals surface area contributed by atoms with Crippen molar-refractivity contribution < 1.29 is 4.79 Å². The smallest absolute Gasteiger partial charge is 0.254 e. The number of fused-ring (bicyclic) bond motifs is 1. The van der Waals surface area contributed by atoms with E-state index < -0.39 is 0 Å². The quantitative estimate of drug-likeness (QED) is 0.901. The lowest BCUT2D eigenvalue weighted by Gasteiger charge is -2.15. The minimum absolute atomic E-state index is 0.00902. The summed E-state index contributed by atoms with van der Waals surface area (Å²) < 4.78 is 0. The second-order valence-electron chi connectivity index (χ2n) is 6.18. The maximum Gasteiger partial charge on any atom is 0.254 e. The number of hydrogen-bond donors (Lipinski definition) is 2. The van der Waals surface area contributed by atoms with Crippen LogP contribution in [0.1, 0.15) is 41.0 Å². The van der Waals surface area contributed by atoms with Gasteiger partial charge >= 0.3 is 0 Å². The van der Waals surface area contributed by atoms with E-state index >= 15 is 0 Å². The predicted molar refractivity (Wildman–Crippen MR) is 90.0 cm³/mol. The molecule has 3 rings (SSSR count). The van der Waals surface area contributed by atoms with Gasteiger partial charge in [0, 0.05) is 16.1 Å². The largest absolute Gasteiger partial charge is 0.311 e. The number of H-pyrrole nitrogens is 1. The summed E-state index contributed by atoms with van der Waals surface area (Å²) in [4.78, 5) is 36.8. The average Bonchev–Trinajstić information content (AvgIpc) is 2.84. The van der Waals surface area contributed by atoms with Gasteiger partial charge in [0.2, 0.25) is 5.91 Å². The van der Waals surface area contributed by atoms with Crippen LogP contribution in [0.4, 0.5) is 5.13 Å². The molecule has 0 aliphatic heterocycles. The van der Waals surface area contributed by atoms with Gasteiger partial charge in [-0.05, 0) is 39.0 Å². The molecule has 2 aromatic heterocycles. The molecule has 1 aliphatic carbocycles. The third kappa shape index (κ3) is 3.50. The molecule has 0 bridgehead atoms. The molecule has 7 heteroatoms. The van der Waals surface area contributed by atoms with E-state index in [1.54, 1.807) is 25.2 Å². The molecule has 0 saturated heterocycles. The van der Waals surface area contributed by atoms with Gasteiger partial charge in [-0.15, -0.1) is 11.3 Å². The van der Waals surface area contributed by atoms with Crippen molar-refractivity contribution in [3.63, 3.8) is 0 Å². The van der Waals surface area contributed by atoms with Crippen LogP contribution in [0.25, 0.3) is 0 Å². The summed E-state index contributed by atoms with van der Waals surface area (Å²) in [5.41, 5.74) is 1.85. The second-order valence-corrected chi connectivity index (χ2v) is 7.26. The summed E-state index contributed by atoms with van der Waals surface area (Å²) in [6.45, 7) is 5.70. The highest BCUT2D eigenvalue weighted by Gasteiger charge is 2.21. The third-order valence-corrected chi connectivity index (χ3v) is 5.15. The van der Waals surface area contributed by atoms with E-state index in [9.17, 15) is 9.59 Å². The van der Waals surface area contributed by atoms with Crippen LogP contribution in [0.2, 0.25) is 0 Å². The normalized spacial score (nSPS) is 16.9. The topological polar surface area (TPSA) is 87.7 Å². The average molecular weight is 332 g/mol. The first-order valence-electron chi connectivity index (χ1n) is 7.77. The van der Waals surface area contributed by atoms with Gasteiger partial charge in [0.15, 0.2) is 5.13 Å². The first-order chi connectivity index (χ1) is 10.9. The van der Waals surface area contributed by atoms with Crippen molar-refractivity contribution in [2.24, 2.45) is 5.92 Å². The minimum atomic E-state index is -0.252. The Balaban J connectivity index is 1.72. The molecule has 2 heterocycles. The van der Waals surface area contributed by atoms with Crippen molar-refractivity contribution in [1.82, 2.24) is 15.0 Å². The van der Waals surface area contributed by atoms with Crippen molar-refractivity contribution in [2.45, 2.75) is 46.5 Å². The fourth-order valence-corrected chi connectivity index (χ4v) is 4.06. The number of rotatable bonds is 3. The van der Waals surface area contributed by atoms with Gasteiger partial charge in [0.05, 0.1) is 12.1 Å². The summed E-state index contributed by atoms with van der Waals surface area (Å²) in [6, 6.07) is 0. The molecule has 23 heavy (non-hydrogen) atoms. The molecule has 0 radical (unpaired) electrons. The van der Waals surface area contributed by atoms with Gasteiger partial charge in [0.25, 0.3) is 5.56 Å². The molecule has 0 fully saturated rings. The standard InChI is InChI=1S/C16H20N4O2S/c1-8-4-5-12-13(6-8)23-16(19-12)20-14(21)7-11-9(2)17-10(3)18-15(11)22/h8H,4-7H2,1-3H3,(H,17,18,22)(H,19,20,21)/t8-/m0/s1. The zero-order chi connectivity index (χ0) is 16.6. The van der Waals surface area contributed by atoms with Gasteiger partial charge in [-0.1, -0.05) is 6.92 Å². The summed E-state index contributed by atoms with van der Waals surface area (Å²) in [7, 11) is 0. The lowest BCUT2D eigenvalue weighted by molar-refractivity contribution is -0.115. The highest BCUT2D eigenvalue weighted by Crippen LogP contribution is 2.32. The van der Waals surface area contributed by atoms with Crippen LogP contribution in [-0.2, 0) is 24.1 Å². The molecule has 0 spiro atoms. The maximum atomic E-state index is 12.2. The van der Waals surface area contributed by atoms with E-state index in [1.165, 1.54) is 4.88 Å². The first-order valence-corrected chi connectivity index (χ1v) is 8.59. The predicted octanol–water partition coefficient (Wildman–Crippen LogP) is 2.15. The SMILES string of the molecule is Cc1nc(C)c(CC(=O)Nc2nc3c(s2)C[C@@H](C)CC3)c(=O)[nH]1. The zero-order valence-corrected chi connectivity index (χ0v) is 14.3. The number of carbonyl (C=O) groups is 1. The fraction of sp³-hybridized carbons (Fsp3) is 0.500. The van der Waals surface area contributed by atoms with Crippen molar-refractivity contribution in [3.8, 4) is 0 Å². The van der Waals surface area contributed by atoms with E-state index in [1.807, 2.05) is 0 Å². The van der Waals surface area contributed by atoms with Crippen molar-refractivity contribution in [1.29, 1.82) is 0 Å². The van der Waals surface area contributed by atoms with Crippen LogP contribution in [-0.4, -0.2) is 20.9 Å². The molecule has 122 valence electrons. The van der Waals surface area contributed by atoms with Gasteiger partial charge < -0.3 is 10.3 Å². The summed E-state index contributed by atoms with van der Waals surface area (Å²) in [5, 5.41) is 3.45. The van der Waals surface area contributed by atoms with E-state index in [0.29, 0.717) is 28.1 Å². The number of amides is 1. The summed E-state index contributed by atoms with van der Waals surface area (Å²) >= 11 is 1.54. The molecule has 1 amide bonds. The lowest BCUT2D eigenvalue weighted by atomic mass is 9.93. The fourth-order valence-electron chi connectivity index (χ4n) is 2.88. The second kappa shape index (κ2) is 6.23. The van der Waals surface area contributed by atoms with E-state index in [2.05, 4.69) is 27.2 Å².